The lowest BCUT2D eigenvalue weighted by Crippen LogP contribution is -2.40. The van der Waals surface area contributed by atoms with Crippen LogP contribution in [0.25, 0.3) is 0 Å². The molecule has 0 radical (unpaired) electrons. The normalized spacial score (nSPS) is 21.6. The molecule has 1 aromatic carbocycles. The maximum Gasteiger partial charge on any atom is 0.0736 e. The van der Waals surface area contributed by atoms with Crippen LogP contribution in [0.15, 0.2) is 24.3 Å². The van der Waals surface area contributed by atoms with Gasteiger partial charge in [0, 0.05) is 30.4 Å². The molecule has 20 heavy (non-hydrogen) atoms. The lowest BCUT2D eigenvalue weighted by Gasteiger charge is -2.34. The zero-order valence-corrected chi connectivity index (χ0v) is 13.1. The molecular formula is C17H28N2O. The molecule has 1 fully saturated rings. The predicted molar refractivity (Wildman–Crippen MR) is 85.1 cm³/mol. The highest BCUT2D eigenvalue weighted by Crippen LogP contribution is 2.23. The fraction of sp³-hybridized carbons (Fsp3) is 0.647. The van der Waals surface area contributed by atoms with Gasteiger partial charge in [-0.2, -0.15) is 0 Å². The molecule has 2 unspecified atom stereocenters. The maximum atomic E-state index is 5.56. The number of para-hydroxylation sites is 1. The lowest BCUT2D eigenvalue weighted by atomic mass is 9.91. The average molecular weight is 276 g/mol. The summed E-state index contributed by atoms with van der Waals surface area (Å²) in [7, 11) is 2.22. The molecule has 1 N–H and O–H groups in total. The van der Waals surface area contributed by atoms with E-state index in [9.17, 15) is 0 Å². The Labute approximate surface area is 123 Å². The quantitative estimate of drug-likeness (QED) is 0.862. The number of hydrogen-bond donors (Lipinski definition) is 1. The van der Waals surface area contributed by atoms with Gasteiger partial charge in [0.1, 0.15) is 0 Å². The van der Waals surface area contributed by atoms with E-state index in [1.807, 2.05) is 6.92 Å². The van der Waals surface area contributed by atoms with E-state index in [0.29, 0.717) is 12.6 Å². The SMILES string of the molecule is CCOCc1ccccc1NC(C)C1CCCN(C)C1. The van der Waals surface area contributed by atoms with E-state index < -0.39 is 0 Å². The Morgan fingerprint density at radius 1 is 1.40 bits per heavy atom. The number of ether oxygens (including phenoxy) is 1. The molecule has 0 spiro atoms. The van der Waals surface area contributed by atoms with E-state index in [1.54, 1.807) is 0 Å². The Kier molecular flexibility index (Phi) is 5.86. The summed E-state index contributed by atoms with van der Waals surface area (Å²) in [6.45, 7) is 8.23. The summed E-state index contributed by atoms with van der Waals surface area (Å²) in [5, 5.41) is 3.70. The first-order chi connectivity index (χ1) is 9.70. The lowest BCUT2D eigenvalue weighted by molar-refractivity contribution is 0.134. The molecule has 0 aromatic heterocycles. The Bertz CT molecular complexity index is 408. The third-order valence-corrected chi connectivity index (χ3v) is 4.23. The average Bonchev–Trinajstić information content (AvgIpc) is 2.46. The van der Waals surface area contributed by atoms with Gasteiger partial charge in [0.25, 0.3) is 0 Å². The van der Waals surface area contributed by atoms with E-state index in [-0.39, 0.29) is 0 Å². The van der Waals surface area contributed by atoms with Crippen LogP contribution in [-0.2, 0) is 11.3 Å². The summed E-state index contributed by atoms with van der Waals surface area (Å²) in [6, 6.07) is 8.99. The molecule has 0 bridgehead atoms. The van der Waals surface area contributed by atoms with Crippen molar-refractivity contribution in [1.82, 2.24) is 4.90 Å². The Hall–Kier alpha value is -1.06. The summed E-state index contributed by atoms with van der Waals surface area (Å²) in [5.41, 5.74) is 2.48. The summed E-state index contributed by atoms with van der Waals surface area (Å²) < 4.78 is 5.56. The molecule has 2 rings (SSSR count). The molecule has 1 aliphatic heterocycles. The molecule has 0 aliphatic carbocycles. The molecule has 0 saturated carbocycles. The highest BCUT2D eigenvalue weighted by atomic mass is 16.5. The fourth-order valence-electron chi connectivity index (χ4n) is 2.98. The van der Waals surface area contributed by atoms with Crippen LogP contribution in [-0.4, -0.2) is 37.7 Å². The van der Waals surface area contributed by atoms with Gasteiger partial charge in [-0.1, -0.05) is 18.2 Å². The molecule has 3 heteroatoms. The van der Waals surface area contributed by atoms with Crippen molar-refractivity contribution in [1.29, 1.82) is 0 Å². The fourth-order valence-corrected chi connectivity index (χ4v) is 2.98. The third-order valence-electron chi connectivity index (χ3n) is 4.23. The van der Waals surface area contributed by atoms with Crippen molar-refractivity contribution in [3.63, 3.8) is 0 Å². The van der Waals surface area contributed by atoms with Crippen LogP contribution in [0.3, 0.4) is 0 Å². The van der Waals surface area contributed by atoms with Gasteiger partial charge < -0.3 is 15.0 Å². The molecule has 1 saturated heterocycles. The Balaban J connectivity index is 1.97. The second kappa shape index (κ2) is 7.65. The summed E-state index contributed by atoms with van der Waals surface area (Å²) in [5.74, 6) is 0.730. The number of nitrogens with zero attached hydrogens (tertiary/aromatic N) is 1. The number of likely N-dealkylation sites (tertiary alicyclic amines) is 1. The van der Waals surface area contributed by atoms with Crippen molar-refractivity contribution in [2.75, 3.05) is 32.1 Å². The van der Waals surface area contributed by atoms with Gasteiger partial charge in [0.15, 0.2) is 0 Å². The number of hydrogen-bond acceptors (Lipinski definition) is 3. The van der Waals surface area contributed by atoms with E-state index >= 15 is 0 Å². The highest BCUT2D eigenvalue weighted by Gasteiger charge is 2.23. The summed E-state index contributed by atoms with van der Waals surface area (Å²) in [4.78, 5) is 2.44. The standard InChI is InChI=1S/C17H28N2O/c1-4-20-13-16-8-5-6-10-17(16)18-14(2)15-9-7-11-19(3)12-15/h5-6,8,10,14-15,18H,4,7,9,11-13H2,1-3H3. The molecule has 1 heterocycles. The Morgan fingerprint density at radius 3 is 2.95 bits per heavy atom. The van der Waals surface area contributed by atoms with Crippen LogP contribution in [0, 0.1) is 5.92 Å². The summed E-state index contributed by atoms with van der Waals surface area (Å²) in [6.07, 6.45) is 2.64. The van der Waals surface area contributed by atoms with Crippen LogP contribution >= 0.6 is 0 Å². The van der Waals surface area contributed by atoms with E-state index in [0.717, 1.165) is 12.5 Å². The van der Waals surface area contributed by atoms with Crippen LogP contribution in [0.1, 0.15) is 32.3 Å². The minimum atomic E-state index is 0.500. The van der Waals surface area contributed by atoms with Crippen molar-refractivity contribution in [3.05, 3.63) is 29.8 Å². The van der Waals surface area contributed by atoms with E-state index in [1.165, 1.54) is 37.2 Å². The van der Waals surface area contributed by atoms with Gasteiger partial charge in [-0.3, -0.25) is 0 Å². The molecule has 1 aliphatic rings. The Morgan fingerprint density at radius 2 is 2.20 bits per heavy atom. The highest BCUT2D eigenvalue weighted by molar-refractivity contribution is 5.51. The second-order valence-corrected chi connectivity index (χ2v) is 5.89. The van der Waals surface area contributed by atoms with Crippen molar-refractivity contribution in [2.24, 2.45) is 5.92 Å². The largest absolute Gasteiger partial charge is 0.382 e. The third kappa shape index (κ3) is 4.22. The van der Waals surface area contributed by atoms with Gasteiger partial charge in [0.05, 0.1) is 6.61 Å². The van der Waals surface area contributed by atoms with E-state index in [4.69, 9.17) is 4.74 Å². The van der Waals surface area contributed by atoms with Crippen LogP contribution in [0.4, 0.5) is 5.69 Å². The van der Waals surface area contributed by atoms with Gasteiger partial charge in [-0.15, -0.1) is 0 Å². The second-order valence-electron chi connectivity index (χ2n) is 5.89. The molecule has 0 amide bonds. The number of benzene rings is 1. The smallest absolute Gasteiger partial charge is 0.0736 e. The van der Waals surface area contributed by atoms with Gasteiger partial charge in [0.2, 0.25) is 0 Å². The van der Waals surface area contributed by atoms with Crippen molar-refractivity contribution >= 4 is 5.69 Å². The predicted octanol–water partition coefficient (Wildman–Crippen LogP) is 3.37. The van der Waals surface area contributed by atoms with Crippen LogP contribution < -0.4 is 5.32 Å². The first kappa shape index (κ1) is 15.3. The maximum absolute atomic E-state index is 5.56. The number of anilines is 1. The number of piperidine rings is 1. The first-order valence-corrected chi connectivity index (χ1v) is 7.81. The zero-order valence-electron chi connectivity index (χ0n) is 13.1. The van der Waals surface area contributed by atoms with E-state index in [2.05, 4.69) is 48.5 Å². The molecule has 2 atom stereocenters. The minimum absolute atomic E-state index is 0.500. The summed E-state index contributed by atoms with van der Waals surface area (Å²) >= 11 is 0. The van der Waals surface area contributed by atoms with Gasteiger partial charge in [-0.25, -0.2) is 0 Å². The van der Waals surface area contributed by atoms with Crippen LogP contribution in [0.2, 0.25) is 0 Å². The van der Waals surface area contributed by atoms with Crippen molar-refractivity contribution < 1.29 is 4.74 Å². The molecule has 112 valence electrons. The molecule has 3 nitrogen and oxygen atoms in total. The van der Waals surface area contributed by atoms with Crippen molar-refractivity contribution in [2.45, 2.75) is 39.3 Å². The monoisotopic (exact) mass is 276 g/mol. The zero-order chi connectivity index (χ0) is 14.4. The van der Waals surface area contributed by atoms with Gasteiger partial charge in [-0.05, 0) is 52.3 Å². The number of nitrogens with one attached hydrogen (secondary N) is 1. The topological polar surface area (TPSA) is 24.5 Å². The first-order valence-electron chi connectivity index (χ1n) is 7.81. The van der Waals surface area contributed by atoms with Crippen molar-refractivity contribution in [3.8, 4) is 0 Å². The van der Waals surface area contributed by atoms with Gasteiger partial charge >= 0.3 is 0 Å². The minimum Gasteiger partial charge on any atom is -0.382 e. The molecular weight excluding hydrogens is 248 g/mol. The molecule has 1 aromatic rings. The number of rotatable bonds is 6. The van der Waals surface area contributed by atoms with Crippen LogP contribution in [0.5, 0.6) is 0 Å².